The SMILES string of the molecule is CCC[C@H](NC(=O)N(CC)CC(F)(F)F)C(=O)O. The van der Waals surface area contributed by atoms with E-state index in [1.165, 1.54) is 6.92 Å². The third-order valence-electron chi connectivity index (χ3n) is 2.21. The number of nitrogens with one attached hydrogen (secondary N) is 1. The minimum absolute atomic E-state index is 0.149. The standard InChI is InChI=1S/C10H17F3N2O3/c1-3-5-7(8(16)17)14-9(18)15(4-2)6-10(11,12)13/h7H,3-6H2,1-2H3,(H,14,18)(H,16,17)/t7-/m0/s1. The summed E-state index contributed by atoms with van der Waals surface area (Å²) in [6.45, 7) is 1.56. The molecule has 2 amide bonds. The van der Waals surface area contributed by atoms with Gasteiger partial charge in [-0.3, -0.25) is 0 Å². The third kappa shape index (κ3) is 6.31. The Morgan fingerprint density at radius 3 is 2.22 bits per heavy atom. The number of rotatable bonds is 6. The number of hydrogen-bond acceptors (Lipinski definition) is 2. The van der Waals surface area contributed by atoms with E-state index >= 15 is 0 Å². The summed E-state index contributed by atoms with van der Waals surface area (Å²) in [5, 5.41) is 10.9. The fourth-order valence-electron chi connectivity index (χ4n) is 1.33. The summed E-state index contributed by atoms with van der Waals surface area (Å²) >= 11 is 0. The van der Waals surface area contributed by atoms with Gasteiger partial charge in [0.1, 0.15) is 12.6 Å². The van der Waals surface area contributed by atoms with Crippen LogP contribution >= 0.6 is 0 Å². The lowest BCUT2D eigenvalue weighted by atomic mass is 10.2. The molecule has 0 fully saturated rings. The van der Waals surface area contributed by atoms with Crippen LogP contribution in [0.5, 0.6) is 0 Å². The molecule has 1 atom stereocenters. The van der Waals surface area contributed by atoms with E-state index in [2.05, 4.69) is 5.32 Å². The fraction of sp³-hybridized carbons (Fsp3) is 0.800. The van der Waals surface area contributed by atoms with Crippen LogP contribution in [0, 0.1) is 0 Å². The molecular formula is C10H17F3N2O3. The number of alkyl halides is 3. The van der Waals surface area contributed by atoms with Crippen molar-refractivity contribution in [1.82, 2.24) is 10.2 Å². The van der Waals surface area contributed by atoms with Gasteiger partial charge in [-0.1, -0.05) is 13.3 Å². The van der Waals surface area contributed by atoms with Crippen LogP contribution in [-0.2, 0) is 4.79 Å². The normalized spacial score (nSPS) is 12.9. The number of amides is 2. The highest BCUT2D eigenvalue weighted by Crippen LogP contribution is 2.16. The summed E-state index contributed by atoms with van der Waals surface area (Å²) in [6.07, 6.45) is -3.83. The van der Waals surface area contributed by atoms with Crippen LogP contribution in [0.4, 0.5) is 18.0 Å². The molecule has 0 heterocycles. The van der Waals surface area contributed by atoms with Crippen molar-refractivity contribution in [3.05, 3.63) is 0 Å². The maximum atomic E-state index is 12.2. The van der Waals surface area contributed by atoms with Gasteiger partial charge >= 0.3 is 18.2 Å². The first-order chi connectivity index (χ1) is 8.21. The van der Waals surface area contributed by atoms with Crippen LogP contribution in [0.2, 0.25) is 0 Å². The zero-order valence-electron chi connectivity index (χ0n) is 10.3. The van der Waals surface area contributed by atoms with Crippen LogP contribution in [0.1, 0.15) is 26.7 Å². The second-order valence-electron chi connectivity index (χ2n) is 3.76. The summed E-state index contributed by atoms with van der Waals surface area (Å²) < 4.78 is 36.5. The van der Waals surface area contributed by atoms with Gasteiger partial charge in [0, 0.05) is 6.54 Å². The molecule has 0 aliphatic rings. The summed E-state index contributed by atoms with van der Waals surface area (Å²) in [6, 6.07) is -2.18. The number of aliphatic carboxylic acids is 1. The number of carboxylic acid groups (broad SMARTS) is 1. The van der Waals surface area contributed by atoms with E-state index in [0.717, 1.165) is 0 Å². The Bertz CT molecular complexity index is 295. The molecule has 0 radical (unpaired) electrons. The zero-order valence-corrected chi connectivity index (χ0v) is 10.3. The molecule has 106 valence electrons. The number of nitrogens with zero attached hydrogens (tertiary/aromatic N) is 1. The topological polar surface area (TPSA) is 69.6 Å². The number of carbonyl (C=O) groups excluding carboxylic acids is 1. The van der Waals surface area contributed by atoms with Gasteiger partial charge in [-0.2, -0.15) is 13.2 Å². The first kappa shape index (κ1) is 16.5. The van der Waals surface area contributed by atoms with Gasteiger partial charge in [0.15, 0.2) is 0 Å². The van der Waals surface area contributed by atoms with E-state index in [9.17, 15) is 22.8 Å². The molecule has 2 N–H and O–H groups in total. The predicted octanol–water partition coefficient (Wildman–Crippen LogP) is 1.83. The molecule has 18 heavy (non-hydrogen) atoms. The summed E-state index contributed by atoms with van der Waals surface area (Å²) in [7, 11) is 0. The minimum atomic E-state index is -4.50. The summed E-state index contributed by atoms with van der Waals surface area (Å²) in [4.78, 5) is 22.8. The van der Waals surface area contributed by atoms with Crippen LogP contribution in [0.15, 0.2) is 0 Å². The maximum Gasteiger partial charge on any atom is 0.406 e. The number of halogens is 3. The molecule has 0 saturated carbocycles. The smallest absolute Gasteiger partial charge is 0.406 e. The Hall–Kier alpha value is -1.47. The molecule has 0 rings (SSSR count). The molecule has 0 aromatic heterocycles. The minimum Gasteiger partial charge on any atom is -0.480 e. The van der Waals surface area contributed by atoms with Gasteiger partial charge in [0.05, 0.1) is 0 Å². The predicted molar refractivity (Wildman–Crippen MR) is 58.2 cm³/mol. The lowest BCUT2D eigenvalue weighted by Crippen LogP contribution is -2.50. The van der Waals surface area contributed by atoms with Crippen LogP contribution in [0.3, 0.4) is 0 Å². The zero-order chi connectivity index (χ0) is 14.3. The molecule has 8 heteroatoms. The highest BCUT2D eigenvalue weighted by Gasteiger charge is 2.33. The van der Waals surface area contributed by atoms with E-state index in [0.29, 0.717) is 11.3 Å². The Labute approximate surface area is 103 Å². The molecule has 0 aliphatic heterocycles. The second-order valence-corrected chi connectivity index (χ2v) is 3.76. The van der Waals surface area contributed by atoms with Crippen molar-refractivity contribution in [2.24, 2.45) is 0 Å². The van der Waals surface area contributed by atoms with Gasteiger partial charge < -0.3 is 15.3 Å². The quantitative estimate of drug-likeness (QED) is 0.773. The largest absolute Gasteiger partial charge is 0.480 e. The molecule has 0 aliphatic carbocycles. The van der Waals surface area contributed by atoms with Crippen molar-refractivity contribution in [2.45, 2.75) is 38.9 Å². The average molecular weight is 270 g/mol. The Balaban J connectivity index is 4.55. The van der Waals surface area contributed by atoms with Crippen molar-refractivity contribution in [2.75, 3.05) is 13.1 Å². The third-order valence-corrected chi connectivity index (χ3v) is 2.21. The summed E-state index contributed by atoms with van der Waals surface area (Å²) in [5.41, 5.74) is 0. The number of hydrogen-bond donors (Lipinski definition) is 2. The van der Waals surface area contributed by atoms with E-state index < -0.39 is 30.8 Å². The number of carboxylic acids is 1. The van der Waals surface area contributed by atoms with E-state index in [1.54, 1.807) is 6.92 Å². The number of carbonyl (C=O) groups is 2. The van der Waals surface area contributed by atoms with Crippen LogP contribution in [0.25, 0.3) is 0 Å². The molecule has 0 bridgehead atoms. The highest BCUT2D eigenvalue weighted by atomic mass is 19.4. The van der Waals surface area contributed by atoms with Crippen molar-refractivity contribution in [3.63, 3.8) is 0 Å². The van der Waals surface area contributed by atoms with Crippen molar-refractivity contribution in [3.8, 4) is 0 Å². The van der Waals surface area contributed by atoms with E-state index in [-0.39, 0.29) is 13.0 Å². The fourth-order valence-corrected chi connectivity index (χ4v) is 1.33. The Kier molecular flexibility index (Phi) is 6.50. The van der Waals surface area contributed by atoms with Crippen LogP contribution in [-0.4, -0.2) is 47.3 Å². The van der Waals surface area contributed by atoms with Gasteiger partial charge in [-0.15, -0.1) is 0 Å². The van der Waals surface area contributed by atoms with Crippen molar-refractivity contribution >= 4 is 12.0 Å². The second kappa shape index (κ2) is 7.07. The Morgan fingerprint density at radius 1 is 1.33 bits per heavy atom. The van der Waals surface area contributed by atoms with Gasteiger partial charge in [-0.05, 0) is 13.3 Å². The lowest BCUT2D eigenvalue weighted by Gasteiger charge is -2.24. The van der Waals surface area contributed by atoms with Crippen molar-refractivity contribution in [1.29, 1.82) is 0 Å². The summed E-state index contributed by atoms with van der Waals surface area (Å²) in [5.74, 6) is -1.26. The molecular weight excluding hydrogens is 253 g/mol. The Morgan fingerprint density at radius 2 is 1.89 bits per heavy atom. The lowest BCUT2D eigenvalue weighted by molar-refractivity contribution is -0.140. The molecule has 0 aromatic rings. The van der Waals surface area contributed by atoms with Gasteiger partial charge in [0.25, 0.3) is 0 Å². The molecule has 0 saturated heterocycles. The molecule has 0 spiro atoms. The molecule has 0 unspecified atom stereocenters. The van der Waals surface area contributed by atoms with Crippen LogP contribution < -0.4 is 5.32 Å². The first-order valence-electron chi connectivity index (χ1n) is 5.56. The number of urea groups is 1. The molecule has 5 nitrogen and oxygen atoms in total. The average Bonchev–Trinajstić information content (AvgIpc) is 2.23. The van der Waals surface area contributed by atoms with Gasteiger partial charge in [0.2, 0.25) is 0 Å². The maximum absolute atomic E-state index is 12.2. The van der Waals surface area contributed by atoms with E-state index in [4.69, 9.17) is 5.11 Å². The highest BCUT2D eigenvalue weighted by molar-refractivity contribution is 5.82. The molecule has 0 aromatic carbocycles. The first-order valence-corrected chi connectivity index (χ1v) is 5.56. The van der Waals surface area contributed by atoms with E-state index in [1.807, 2.05) is 0 Å². The van der Waals surface area contributed by atoms with Gasteiger partial charge in [-0.25, -0.2) is 9.59 Å². The monoisotopic (exact) mass is 270 g/mol. The van der Waals surface area contributed by atoms with Crippen molar-refractivity contribution < 1.29 is 27.9 Å².